The summed E-state index contributed by atoms with van der Waals surface area (Å²) in [5.74, 6) is 0.814. The molecule has 0 spiro atoms. The summed E-state index contributed by atoms with van der Waals surface area (Å²) in [5, 5.41) is 4.48. The lowest BCUT2D eigenvalue weighted by molar-refractivity contribution is 0.445. The molecule has 3 rings (SSSR count). The van der Waals surface area contributed by atoms with Gasteiger partial charge in [-0.1, -0.05) is 29.3 Å². The fraction of sp³-hybridized carbons (Fsp3) is 0.462. The Bertz CT molecular complexity index is 470. The van der Waals surface area contributed by atoms with E-state index >= 15 is 0 Å². The highest BCUT2D eigenvalue weighted by molar-refractivity contribution is 6.41. The van der Waals surface area contributed by atoms with Gasteiger partial charge < -0.3 is 5.32 Å². The van der Waals surface area contributed by atoms with Crippen molar-refractivity contribution in [1.82, 2.24) is 10.3 Å². The number of aromatic nitrogens is 1. The second-order valence-electron chi connectivity index (χ2n) is 4.78. The summed E-state index contributed by atoms with van der Waals surface area (Å²) in [6, 6.07) is 2.54. The molecular formula is C13H14Cl2N2. The van der Waals surface area contributed by atoms with Crippen molar-refractivity contribution >= 4 is 28.8 Å². The van der Waals surface area contributed by atoms with Crippen LogP contribution in [0.4, 0.5) is 0 Å². The summed E-state index contributed by atoms with van der Waals surface area (Å²) in [6.07, 6.45) is 7.68. The van der Waals surface area contributed by atoms with E-state index in [1.54, 1.807) is 0 Å². The summed E-state index contributed by atoms with van der Waals surface area (Å²) in [5.41, 5.74) is 2.44. The lowest BCUT2D eigenvalue weighted by Gasteiger charge is -2.25. The average Bonchev–Trinajstić information content (AvgIpc) is 2.79. The lowest BCUT2D eigenvalue weighted by atomic mass is 9.84. The molecule has 0 bridgehead atoms. The topological polar surface area (TPSA) is 24.9 Å². The normalized spacial score (nSPS) is 27.8. The van der Waals surface area contributed by atoms with Crippen LogP contribution < -0.4 is 5.32 Å². The number of halogens is 2. The molecule has 0 saturated carbocycles. The molecule has 1 aliphatic heterocycles. The van der Waals surface area contributed by atoms with E-state index in [-0.39, 0.29) is 0 Å². The number of hydrogen-bond acceptors (Lipinski definition) is 2. The molecule has 4 heteroatoms. The van der Waals surface area contributed by atoms with E-state index in [0.717, 1.165) is 30.9 Å². The molecule has 1 aromatic heterocycles. The van der Waals surface area contributed by atoms with Crippen LogP contribution in [-0.4, -0.2) is 17.6 Å². The fourth-order valence-corrected chi connectivity index (χ4v) is 3.06. The van der Waals surface area contributed by atoms with Gasteiger partial charge in [-0.25, -0.2) is 4.98 Å². The van der Waals surface area contributed by atoms with Crippen LogP contribution in [0.2, 0.25) is 10.2 Å². The lowest BCUT2D eigenvalue weighted by Crippen LogP contribution is -2.29. The van der Waals surface area contributed by atoms with Crippen LogP contribution in [0.5, 0.6) is 0 Å². The molecule has 2 aliphatic rings. The van der Waals surface area contributed by atoms with Gasteiger partial charge in [0.1, 0.15) is 5.15 Å². The molecule has 1 fully saturated rings. The maximum Gasteiger partial charge on any atom is 0.147 e. The SMILES string of the molecule is Clc1cc(C2=CC[C@H]3CCN[C@H]3C2)cnc1Cl. The first-order chi connectivity index (χ1) is 8.24. The van der Waals surface area contributed by atoms with Gasteiger partial charge in [0.2, 0.25) is 0 Å². The van der Waals surface area contributed by atoms with Gasteiger partial charge in [0, 0.05) is 12.2 Å². The van der Waals surface area contributed by atoms with E-state index in [2.05, 4.69) is 16.4 Å². The molecule has 2 atom stereocenters. The molecule has 0 amide bonds. The van der Waals surface area contributed by atoms with Crippen molar-refractivity contribution in [2.75, 3.05) is 6.54 Å². The first kappa shape index (κ1) is 11.5. The monoisotopic (exact) mass is 268 g/mol. The summed E-state index contributed by atoms with van der Waals surface area (Å²) in [7, 11) is 0. The minimum absolute atomic E-state index is 0.378. The van der Waals surface area contributed by atoms with Crippen molar-refractivity contribution in [3.05, 3.63) is 34.1 Å². The third-order valence-electron chi connectivity index (χ3n) is 3.76. The summed E-state index contributed by atoms with van der Waals surface area (Å²) in [6.45, 7) is 1.15. The van der Waals surface area contributed by atoms with Crippen LogP contribution in [0.3, 0.4) is 0 Å². The van der Waals surface area contributed by atoms with Crippen LogP contribution in [0.25, 0.3) is 5.57 Å². The van der Waals surface area contributed by atoms with E-state index < -0.39 is 0 Å². The van der Waals surface area contributed by atoms with Gasteiger partial charge >= 0.3 is 0 Å². The Balaban J connectivity index is 1.86. The number of pyridine rings is 1. The molecule has 17 heavy (non-hydrogen) atoms. The van der Waals surface area contributed by atoms with Crippen molar-refractivity contribution in [3.8, 4) is 0 Å². The van der Waals surface area contributed by atoms with E-state index in [4.69, 9.17) is 23.2 Å². The van der Waals surface area contributed by atoms with Gasteiger partial charge in [-0.2, -0.15) is 0 Å². The Labute approximate surface area is 111 Å². The van der Waals surface area contributed by atoms with Gasteiger partial charge in [0.15, 0.2) is 0 Å². The Hall–Kier alpha value is -0.570. The maximum absolute atomic E-state index is 6.01. The minimum atomic E-state index is 0.378. The molecule has 0 radical (unpaired) electrons. The van der Waals surface area contributed by atoms with Crippen molar-refractivity contribution < 1.29 is 0 Å². The van der Waals surface area contributed by atoms with Crippen LogP contribution in [0, 0.1) is 5.92 Å². The van der Waals surface area contributed by atoms with Gasteiger partial charge in [-0.3, -0.25) is 0 Å². The predicted octanol–water partition coefficient (Wildman–Crippen LogP) is 3.54. The highest BCUT2D eigenvalue weighted by Crippen LogP contribution is 2.35. The molecule has 1 aromatic rings. The number of fused-ring (bicyclic) bond motifs is 1. The smallest absolute Gasteiger partial charge is 0.147 e. The highest BCUT2D eigenvalue weighted by atomic mass is 35.5. The Morgan fingerprint density at radius 3 is 3.06 bits per heavy atom. The Morgan fingerprint density at radius 1 is 1.35 bits per heavy atom. The third-order valence-corrected chi connectivity index (χ3v) is 4.45. The van der Waals surface area contributed by atoms with Gasteiger partial charge in [0.25, 0.3) is 0 Å². The van der Waals surface area contributed by atoms with Gasteiger partial charge in [-0.05, 0) is 48.9 Å². The van der Waals surface area contributed by atoms with Crippen molar-refractivity contribution in [1.29, 1.82) is 0 Å². The quantitative estimate of drug-likeness (QED) is 0.789. The standard InChI is InChI=1S/C13H14Cl2N2/c14-11-5-10(7-17-13(11)15)9-2-1-8-3-4-16-12(8)6-9/h2,5,7-8,12,16H,1,3-4,6H2/t8-,12-/m0/s1. The third kappa shape index (κ3) is 2.22. The Morgan fingerprint density at radius 2 is 2.24 bits per heavy atom. The van der Waals surface area contributed by atoms with E-state index in [0.29, 0.717) is 16.2 Å². The summed E-state index contributed by atoms with van der Waals surface area (Å²) >= 11 is 11.8. The summed E-state index contributed by atoms with van der Waals surface area (Å²) in [4.78, 5) is 4.11. The molecular weight excluding hydrogens is 255 g/mol. The average molecular weight is 269 g/mol. The zero-order chi connectivity index (χ0) is 11.8. The van der Waals surface area contributed by atoms with Crippen LogP contribution in [0.1, 0.15) is 24.8 Å². The first-order valence-corrected chi connectivity index (χ1v) is 6.73. The van der Waals surface area contributed by atoms with Crippen molar-refractivity contribution in [2.24, 2.45) is 5.92 Å². The summed E-state index contributed by atoms with van der Waals surface area (Å²) < 4.78 is 0. The second-order valence-corrected chi connectivity index (χ2v) is 5.54. The molecule has 90 valence electrons. The number of nitrogens with one attached hydrogen (secondary N) is 1. The van der Waals surface area contributed by atoms with E-state index in [9.17, 15) is 0 Å². The van der Waals surface area contributed by atoms with Crippen LogP contribution in [0.15, 0.2) is 18.3 Å². The zero-order valence-corrected chi connectivity index (χ0v) is 10.9. The highest BCUT2D eigenvalue weighted by Gasteiger charge is 2.30. The number of nitrogens with zero attached hydrogens (tertiary/aromatic N) is 1. The number of rotatable bonds is 1. The van der Waals surface area contributed by atoms with E-state index in [1.807, 2.05) is 12.3 Å². The van der Waals surface area contributed by atoms with Crippen LogP contribution in [-0.2, 0) is 0 Å². The largest absolute Gasteiger partial charge is 0.313 e. The fourth-order valence-electron chi connectivity index (χ4n) is 2.79. The van der Waals surface area contributed by atoms with Crippen molar-refractivity contribution in [2.45, 2.75) is 25.3 Å². The number of hydrogen-bond donors (Lipinski definition) is 1. The van der Waals surface area contributed by atoms with Crippen LogP contribution >= 0.6 is 23.2 Å². The molecule has 1 N–H and O–H groups in total. The number of allylic oxidation sites excluding steroid dienone is 1. The zero-order valence-electron chi connectivity index (χ0n) is 9.42. The molecule has 1 saturated heterocycles. The Kier molecular flexibility index (Phi) is 3.12. The predicted molar refractivity (Wildman–Crippen MR) is 71.4 cm³/mol. The minimum Gasteiger partial charge on any atom is -0.313 e. The molecule has 0 aromatic carbocycles. The van der Waals surface area contributed by atoms with Gasteiger partial charge in [0.05, 0.1) is 5.02 Å². The van der Waals surface area contributed by atoms with E-state index in [1.165, 1.54) is 12.0 Å². The molecule has 0 unspecified atom stereocenters. The second kappa shape index (κ2) is 4.60. The van der Waals surface area contributed by atoms with Crippen molar-refractivity contribution in [3.63, 3.8) is 0 Å². The molecule has 1 aliphatic carbocycles. The first-order valence-electron chi connectivity index (χ1n) is 5.98. The molecule has 2 heterocycles. The van der Waals surface area contributed by atoms with Gasteiger partial charge in [-0.15, -0.1) is 0 Å². The maximum atomic E-state index is 6.01. The molecule has 2 nitrogen and oxygen atoms in total.